The molecular weight excluding hydrogens is 236 g/mol. The van der Waals surface area contributed by atoms with Crippen LogP contribution in [0.2, 0.25) is 0 Å². The van der Waals surface area contributed by atoms with Crippen LogP contribution in [0.25, 0.3) is 0 Å². The van der Waals surface area contributed by atoms with Crippen LogP contribution < -0.4 is 22.9 Å². The molecule has 0 heterocycles. The summed E-state index contributed by atoms with van der Waals surface area (Å²) in [6, 6.07) is 0.233. The minimum Gasteiger partial charge on any atom is -0.330 e. The molecule has 0 spiro atoms. The van der Waals surface area contributed by atoms with Gasteiger partial charge in [-0.25, -0.2) is 0 Å². The lowest BCUT2D eigenvalue weighted by molar-refractivity contribution is 0.566. The molecule has 0 aromatic heterocycles. The number of nitrogens with two attached hydrogens (primary N) is 4. The van der Waals surface area contributed by atoms with Crippen molar-refractivity contribution in [3.05, 3.63) is 0 Å². The zero-order valence-electron chi connectivity index (χ0n) is 13.1. The highest BCUT2D eigenvalue weighted by Gasteiger charge is 1.96. The molecular formula is C15H38N4. The number of hydrogen-bond donors (Lipinski definition) is 4. The fourth-order valence-electron chi connectivity index (χ4n) is 1.77. The van der Waals surface area contributed by atoms with Gasteiger partial charge in [-0.2, -0.15) is 0 Å². The Morgan fingerprint density at radius 2 is 1.16 bits per heavy atom. The van der Waals surface area contributed by atoms with Gasteiger partial charge in [-0.15, -0.1) is 0 Å². The molecule has 0 aromatic rings. The van der Waals surface area contributed by atoms with Gasteiger partial charge in [0.2, 0.25) is 0 Å². The molecule has 8 N–H and O–H groups in total. The van der Waals surface area contributed by atoms with E-state index in [2.05, 4.69) is 6.92 Å². The maximum atomic E-state index is 5.59. The highest BCUT2D eigenvalue weighted by Crippen LogP contribution is 2.03. The Balaban J connectivity index is 0. The van der Waals surface area contributed by atoms with Gasteiger partial charge in [-0.1, -0.05) is 51.9 Å². The molecule has 0 aliphatic rings. The number of rotatable bonds is 12. The molecule has 1 atom stereocenters. The van der Waals surface area contributed by atoms with Gasteiger partial charge < -0.3 is 22.9 Å². The molecule has 19 heavy (non-hydrogen) atoms. The maximum Gasteiger partial charge on any atom is 0.0163 e. The molecule has 4 nitrogen and oxygen atoms in total. The molecule has 0 radical (unpaired) electrons. The largest absolute Gasteiger partial charge is 0.330 e. The third kappa shape index (κ3) is 23.4. The topological polar surface area (TPSA) is 104 Å². The summed E-state index contributed by atoms with van der Waals surface area (Å²) in [5.74, 6) is 0. The fraction of sp³-hybridized carbons (Fsp3) is 1.00. The quantitative estimate of drug-likeness (QED) is 0.409. The molecule has 0 fully saturated rings. The molecule has 0 amide bonds. The molecule has 0 bridgehead atoms. The first-order valence-electron chi connectivity index (χ1n) is 8.08. The highest BCUT2D eigenvalue weighted by molar-refractivity contribution is 4.60. The van der Waals surface area contributed by atoms with E-state index in [0.717, 1.165) is 19.5 Å². The van der Waals surface area contributed by atoms with Gasteiger partial charge in [0.1, 0.15) is 0 Å². The Bertz CT molecular complexity index is 134. The van der Waals surface area contributed by atoms with Crippen LogP contribution in [0.1, 0.15) is 71.1 Å². The van der Waals surface area contributed by atoms with Crippen molar-refractivity contribution >= 4 is 0 Å². The maximum absolute atomic E-state index is 5.59. The highest BCUT2D eigenvalue weighted by atomic mass is 14.7. The third-order valence-electron chi connectivity index (χ3n) is 3.14. The van der Waals surface area contributed by atoms with E-state index in [-0.39, 0.29) is 6.04 Å². The predicted octanol–water partition coefficient (Wildman–Crippen LogP) is 2.10. The van der Waals surface area contributed by atoms with Crippen molar-refractivity contribution in [3.63, 3.8) is 0 Å². The molecule has 0 aromatic carbocycles. The van der Waals surface area contributed by atoms with Crippen molar-refractivity contribution in [1.82, 2.24) is 0 Å². The fourth-order valence-corrected chi connectivity index (χ4v) is 1.77. The second-order valence-electron chi connectivity index (χ2n) is 5.19. The van der Waals surface area contributed by atoms with E-state index in [1.165, 1.54) is 57.8 Å². The second-order valence-corrected chi connectivity index (χ2v) is 5.19. The van der Waals surface area contributed by atoms with Gasteiger partial charge in [-0.05, 0) is 32.4 Å². The van der Waals surface area contributed by atoms with Gasteiger partial charge >= 0.3 is 0 Å². The van der Waals surface area contributed by atoms with Gasteiger partial charge in [0.25, 0.3) is 0 Å². The summed E-state index contributed by atoms with van der Waals surface area (Å²) in [7, 11) is 0. The van der Waals surface area contributed by atoms with E-state index >= 15 is 0 Å². The van der Waals surface area contributed by atoms with Gasteiger partial charge in [0.15, 0.2) is 0 Å². The standard InChI is InChI=1S/C8H20N2.C7H18N2/c9-7-5-3-1-2-4-6-8-10;1-2-3-4-5-7(9)6-8/h1-10H2;7H,2-6,8-9H2,1H3. The molecule has 4 heteroatoms. The summed E-state index contributed by atoms with van der Waals surface area (Å²) in [5.41, 5.74) is 21.6. The van der Waals surface area contributed by atoms with Gasteiger partial charge in [0.05, 0.1) is 0 Å². The van der Waals surface area contributed by atoms with Crippen molar-refractivity contribution in [3.8, 4) is 0 Å². The first-order chi connectivity index (χ1) is 9.22. The lowest BCUT2D eigenvalue weighted by Crippen LogP contribution is -2.29. The van der Waals surface area contributed by atoms with E-state index in [4.69, 9.17) is 22.9 Å². The molecule has 1 unspecified atom stereocenters. The summed E-state index contributed by atoms with van der Waals surface area (Å²) in [5, 5.41) is 0. The van der Waals surface area contributed by atoms with E-state index in [1.54, 1.807) is 0 Å². The van der Waals surface area contributed by atoms with Crippen LogP contribution in [0.4, 0.5) is 0 Å². The normalized spacial score (nSPS) is 11.8. The first-order valence-corrected chi connectivity index (χ1v) is 8.08. The molecule has 0 rings (SSSR count). The Hall–Kier alpha value is -0.160. The average Bonchev–Trinajstić information content (AvgIpc) is 2.43. The van der Waals surface area contributed by atoms with Crippen LogP contribution in [0, 0.1) is 0 Å². The van der Waals surface area contributed by atoms with Crippen molar-refractivity contribution in [1.29, 1.82) is 0 Å². The molecule has 118 valence electrons. The van der Waals surface area contributed by atoms with Crippen molar-refractivity contribution in [2.45, 2.75) is 77.2 Å². The van der Waals surface area contributed by atoms with Crippen LogP contribution in [-0.2, 0) is 0 Å². The van der Waals surface area contributed by atoms with E-state index in [9.17, 15) is 0 Å². The lowest BCUT2D eigenvalue weighted by atomic mass is 10.1. The Labute approximate surface area is 120 Å². The predicted molar refractivity (Wildman–Crippen MR) is 87.0 cm³/mol. The summed E-state index contributed by atoms with van der Waals surface area (Å²) in [4.78, 5) is 0. The molecule has 0 aliphatic heterocycles. The van der Waals surface area contributed by atoms with Gasteiger partial charge in [-0.3, -0.25) is 0 Å². The zero-order valence-corrected chi connectivity index (χ0v) is 13.1. The van der Waals surface area contributed by atoms with Crippen LogP contribution in [-0.4, -0.2) is 25.7 Å². The van der Waals surface area contributed by atoms with Crippen LogP contribution >= 0.6 is 0 Å². The monoisotopic (exact) mass is 274 g/mol. The summed E-state index contributed by atoms with van der Waals surface area (Å²) < 4.78 is 0. The summed E-state index contributed by atoms with van der Waals surface area (Å²) in [6.45, 7) is 4.51. The van der Waals surface area contributed by atoms with Crippen LogP contribution in [0.3, 0.4) is 0 Å². The minimum absolute atomic E-state index is 0.233. The minimum atomic E-state index is 0.233. The van der Waals surface area contributed by atoms with Crippen molar-refractivity contribution < 1.29 is 0 Å². The van der Waals surface area contributed by atoms with Crippen molar-refractivity contribution in [2.24, 2.45) is 22.9 Å². The molecule has 0 saturated carbocycles. The smallest absolute Gasteiger partial charge is 0.0163 e. The Morgan fingerprint density at radius 1 is 0.684 bits per heavy atom. The Kier molecular flexibility index (Phi) is 22.4. The van der Waals surface area contributed by atoms with Gasteiger partial charge in [0, 0.05) is 12.6 Å². The Morgan fingerprint density at radius 3 is 1.53 bits per heavy atom. The number of hydrogen-bond acceptors (Lipinski definition) is 4. The second kappa shape index (κ2) is 20.2. The SMILES string of the molecule is CCCCCC(N)CN.NCCCCCCCCN. The van der Waals surface area contributed by atoms with Crippen LogP contribution in [0.5, 0.6) is 0 Å². The summed E-state index contributed by atoms with van der Waals surface area (Å²) >= 11 is 0. The third-order valence-corrected chi connectivity index (χ3v) is 3.14. The number of unbranched alkanes of at least 4 members (excludes halogenated alkanes) is 7. The van der Waals surface area contributed by atoms with Crippen LogP contribution in [0.15, 0.2) is 0 Å². The van der Waals surface area contributed by atoms with E-state index in [0.29, 0.717) is 6.54 Å². The van der Waals surface area contributed by atoms with Crippen molar-refractivity contribution in [2.75, 3.05) is 19.6 Å². The van der Waals surface area contributed by atoms with E-state index in [1.807, 2.05) is 0 Å². The summed E-state index contributed by atoms with van der Waals surface area (Å²) in [6.07, 6.45) is 12.5. The molecule has 0 saturated heterocycles. The first kappa shape index (κ1) is 21.1. The molecule has 0 aliphatic carbocycles. The van der Waals surface area contributed by atoms with E-state index < -0.39 is 0 Å². The average molecular weight is 274 g/mol. The lowest BCUT2D eigenvalue weighted by Gasteiger charge is -2.05. The zero-order chi connectivity index (χ0) is 14.8.